The van der Waals surface area contributed by atoms with E-state index >= 15 is 0 Å². The lowest BCUT2D eigenvalue weighted by molar-refractivity contribution is 0.480. The van der Waals surface area contributed by atoms with Gasteiger partial charge in [0.1, 0.15) is 0 Å². The van der Waals surface area contributed by atoms with Gasteiger partial charge in [-0.3, -0.25) is 0 Å². The van der Waals surface area contributed by atoms with Crippen molar-refractivity contribution in [2.45, 2.75) is 55.6 Å². The summed E-state index contributed by atoms with van der Waals surface area (Å²) in [6.45, 7) is 3.81. The minimum Gasteiger partial charge on any atom is -0.317 e. The van der Waals surface area contributed by atoms with E-state index in [0.717, 1.165) is 50.9 Å². The molecule has 1 saturated carbocycles. The lowest BCUT2D eigenvalue weighted by Gasteiger charge is -2.24. The van der Waals surface area contributed by atoms with Gasteiger partial charge in [0.05, 0.1) is 5.25 Å². The Hall–Kier alpha value is 0.220. The highest BCUT2D eigenvalue weighted by molar-refractivity contribution is 7.99. The number of sulfonamides is 1. The molecule has 6 heteroatoms. The fraction of sp³-hybridized carbons (Fsp3) is 1.00. The minimum atomic E-state index is -3.10. The first-order valence-electron chi connectivity index (χ1n) is 6.95. The molecule has 2 atom stereocenters. The van der Waals surface area contributed by atoms with Gasteiger partial charge in [-0.15, -0.1) is 0 Å². The molecule has 0 aromatic heterocycles. The van der Waals surface area contributed by atoms with E-state index in [-0.39, 0.29) is 11.3 Å². The molecule has 0 radical (unpaired) electrons. The Morgan fingerprint density at radius 1 is 1.22 bits per heavy atom. The van der Waals surface area contributed by atoms with Crippen molar-refractivity contribution in [2.75, 3.05) is 18.8 Å². The molecule has 2 aliphatic rings. The van der Waals surface area contributed by atoms with Crippen molar-refractivity contribution < 1.29 is 8.42 Å². The van der Waals surface area contributed by atoms with Gasteiger partial charge >= 0.3 is 0 Å². The molecule has 106 valence electrons. The number of nitrogens with one attached hydrogen (secondary N) is 2. The molecule has 1 saturated heterocycles. The summed E-state index contributed by atoms with van der Waals surface area (Å²) in [6.07, 6.45) is 4.65. The summed E-state index contributed by atoms with van der Waals surface area (Å²) in [5.74, 6) is 1.12. The van der Waals surface area contributed by atoms with Crippen molar-refractivity contribution in [2.24, 2.45) is 0 Å². The fourth-order valence-electron chi connectivity index (χ4n) is 2.87. The normalized spacial score (nSPS) is 30.7. The molecule has 0 aromatic carbocycles. The summed E-state index contributed by atoms with van der Waals surface area (Å²) in [6, 6.07) is 0.175. The Bertz CT molecular complexity index is 353. The molecular weight excluding hydrogens is 268 g/mol. The molecule has 2 rings (SSSR count). The van der Waals surface area contributed by atoms with Crippen LogP contribution in [0.15, 0.2) is 0 Å². The predicted molar refractivity (Wildman–Crippen MR) is 77.5 cm³/mol. The molecule has 1 aliphatic heterocycles. The van der Waals surface area contributed by atoms with E-state index in [1.54, 1.807) is 0 Å². The third-order valence-corrected chi connectivity index (χ3v) is 7.09. The first kappa shape index (κ1) is 14.6. The largest absolute Gasteiger partial charge is 0.317 e. The average molecular weight is 292 g/mol. The Kier molecular flexibility index (Phi) is 5.35. The van der Waals surface area contributed by atoms with Gasteiger partial charge in [0.25, 0.3) is 0 Å². The van der Waals surface area contributed by atoms with Crippen LogP contribution in [0.2, 0.25) is 0 Å². The van der Waals surface area contributed by atoms with Crippen LogP contribution in [0, 0.1) is 0 Å². The predicted octanol–water partition coefficient (Wildman–Crippen LogP) is 1.33. The number of hydrogen-bond acceptors (Lipinski definition) is 4. The monoisotopic (exact) mass is 292 g/mol. The van der Waals surface area contributed by atoms with E-state index in [1.807, 2.05) is 11.8 Å². The van der Waals surface area contributed by atoms with E-state index < -0.39 is 10.0 Å². The smallest absolute Gasteiger partial charge is 0.214 e. The molecule has 18 heavy (non-hydrogen) atoms. The second-order valence-electron chi connectivity index (χ2n) is 5.20. The lowest BCUT2D eigenvalue weighted by atomic mass is 10.2. The third kappa shape index (κ3) is 3.85. The first-order chi connectivity index (χ1) is 8.62. The summed E-state index contributed by atoms with van der Waals surface area (Å²) in [5, 5.41) is 3.67. The second-order valence-corrected chi connectivity index (χ2v) is 8.77. The van der Waals surface area contributed by atoms with Crippen molar-refractivity contribution in [3.63, 3.8) is 0 Å². The van der Waals surface area contributed by atoms with E-state index in [9.17, 15) is 8.42 Å². The maximum atomic E-state index is 12.3. The van der Waals surface area contributed by atoms with E-state index in [4.69, 9.17) is 0 Å². The van der Waals surface area contributed by atoms with Crippen LogP contribution in [0.5, 0.6) is 0 Å². The van der Waals surface area contributed by atoms with Gasteiger partial charge in [0.2, 0.25) is 10.0 Å². The van der Waals surface area contributed by atoms with Gasteiger partial charge in [-0.1, -0.05) is 6.92 Å². The van der Waals surface area contributed by atoms with Crippen molar-refractivity contribution in [3.05, 3.63) is 0 Å². The van der Waals surface area contributed by atoms with Gasteiger partial charge in [-0.2, -0.15) is 11.8 Å². The van der Waals surface area contributed by atoms with E-state index in [1.165, 1.54) is 0 Å². The second kappa shape index (κ2) is 6.59. The third-order valence-electron chi connectivity index (χ3n) is 3.84. The number of rotatable bonds is 5. The van der Waals surface area contributed by atoms with Crippen LogP contribution >= 0.6 is 11.8 Å². The van der Waals surface area contributed by atoms with Crippen LogP contribution in [0.25, 0.3) is 0 Å². The van der Waals surface area contributed by atoms with Crippen LogP contribution < -0.4 is 10.0 Å². The summed E-state index contributed by atoms with van der Waals surface area (Å²) in [4.78, 5) is 0. The molecule has 0 bridgehead atoms. The molecule has 2 fully saturated rings. The molecule has 1 heterocycles. The standard InChI is InChI=1S/C12H24N2O2S2/c1-2-17-11-4-3-10(9-11)14-18(15,16)12-5-7-13-8-6-12/h10-14H,2-9H2,1H3. The van der Waals surface area contributed by atoms with Gasteiger partial charge in [-0.05, 0) is 50.9 Å². The van der Waals surface area contributed by atoms with Gasteiger partial charge in [-0.25, -0.2) is 13.1 Å². The van der Waals surface area contributed by atoms with Crippen molar-refractivity contribution in [1.82, 2.24) is 10.0 Å². The molecule has 2 N–H and O–H groups in total. The Balaban J connectivity index is 1.85. The SMILES string of the molecule is CCSC1CCC(NS(=O)(=O)C2CCNCC2)C1. The zero-order valence-electron chi connectivity index (χ0n) is 11.0. The van der Waals surface area contributed by atoms with Crippen LogP contribution in [-0.4, -0.2) is 43.8 Å². The summed E-state index contributed by atoms with van der Waals surface area (Å²) in [7, 11) is -3.10. The zero-order valence-corrected chi connectivity index (χ0v) is 12.7. The first-order valence-corrected chi connectivity index (χ1v) is 9.54. The van der Waals surface area contributed by atoms with E-state index in [0.29, 0.717) is 5.25 Å². The van der Waals surface area contributed by atoms with Crippen LogP contribution in [0.3, 0.4) is 0 Å². The summed E-state index contributed by atoms with van der Waals surface area (Å²) < 4.78 is 27.5. The molecule has 0 amide bonds. The molecule has 1 aliphatic carbocycles. The van der Waals surface area contributed by atoms with Crippen molar-refractivity contribution in [1.29, 1.82) is 0 Å². The molecule has 0 aromatic rings. The highest BCUT2D eigenvalue weighted by Crippen LogP contribution is 2.30. The van der Waals surface area contributed by atoms with E-state index in [2.05, 4.69) is 17.0 Å². The highest BCUT2D eigenvalue weighted by atomic mass is 32.2. The average Bonchev–Trinajstić information content (AvgIpc) is 2.77. The number of hydrogen-bond donors (Lipinski definition) is 2. The topological polar surface area (TPSA) is 58.2 Å². The van der Waals surface area contributed by atoms with Crippen LogP contribution in [0.4, 0.5) is 0 Å². The Morgan fingerprint density at radius 2 is 1.94 bits per heavy atom. The fourth-order valence-corrected chi connectivity index (χ4v) is 5.74. The molecule has 2 unspecified atom stereocenters. The maximum absolute atomic E-state index is 12.3. The molecular formula is C12H24N2O2S2. The van der Waals surface area contributed by atoms with Crippen molar-refractivity contribution >= 4 is 21.8 Å². The van der Waals surface area contributed by atoms with Crippen molar-refractivity contribution in [3.8, 4) is 0 Å². The molecule has 4 nitrogen and oxygen atoms in total. The number of thioether (sulfide) groups is 1. The van der Waals surface area contributed by atoms with Gasteiger partial charge in [0, 0.05) is 11.3 Å². The minimum absolute atomic E-state index is 0.175. The summed E-state index contributed by atoms with van der Waals surface area (Å²) >= 11 is 1.96. The lowest BCUT2D eigenvalue weighted by Crippen LogP contribution is -2.44. The highest BCUT2D eigenvalue weighted by Gasteiger charge is 2.32. The zero-order chi connectivity index (χ0) is 13.0. The molecule has 0 spiro atoms. The van der Waals surface area contributed by atoms with Crippen LogP contribution in [0.1, 0.15) is 39.0 Å². The summed E-state index contributed by atoms with van der Waals surface area (Å²) in [5.41, 5.74) is 0. The maximum Gasteiger partial charge on any atom is 0.214 e. The Labute approximate surface area is 115 Å². The van der Waals surface area contributed by atoms with Gasteiger partial charge < -0.3 is 5.32 Å². The quantitative estimate of drug-likeness (QED) is 0.803. The van der Waals surface area contributed by atoms with Crippen LogP contribution in [-0.2, 0) is 10.0 Å². The van der Waals surface area contributed by atoms with Gasteiger partial charge in [0.15, 0.2) is 0 Å². The number of piperidine rings is 1. The Morgan fingerprint density at radius 3 is 2.61 bits per heavy atom.